The fraction of sp³-hybridized carbons (Fsp3) is 0.143. The maximum atomic E-state index is 12.4. The van der Waals surface area contributed by atoms with Crippen LogP contribution in [0, 0.1) is 0 Å². The van der Waals surface area contributed by atoms with Crippen LogP contribution >= 0.6 is 0 Å². The molecule has 1 aromatic heterocycles. The van der Waals surface area contributed by atoms with E-state index >= 15 is 0 Å². The Balaban J connectivity index is 1.86. The van der Waals surface area contributed by atoms with Gasteiger partial charge in [-0.15, -0.1) is 0 Å². The van der Waals surface area contributed by atoms with E-state index in [1.54, 1.807) is 56.6 Å². The fourth-order valence-electron chi connectivity index (χ4n) is 2.82. The quantitative estimate of drug-likeness (QED) is 0.502. The van der Waals surface area contributed by atoms with Crippen molar-refractivity contribution in [3.63, 3.8) is 0 Å². The van der Waals surface area contributed by atoms with Crippen LogP contribution in [0.3, 0.4) is 0 Å². The molecule has 0 aliphatic carbocycles. The Labute approximate surface area is 161 Å². The molecular formula is C21H20N2O5. The predicted molar refractivity (Wildman–Crippen MR) is 109 cm³/mol. The van der Waals surface area contributed by atoms with E-state index in [0.717, 1.165) is 5.56 Å². The Kier molecular flexibility index (Phi) is 5.64. The van der Waals surface area contributed by atoms with Crippen LogP contribution < -0.4 is 25.7 Å². The summed E-state index contributed by atoms with van der Waals surface area (Å²) in [6, 6.07) is 12.4. The van der Waals surface area contributed by atoms with Gasteiger partial charge in [0.1, 0.15) is 5.58 Å². The van der Waals surface area contributed by atoms with E-state index in [-0.39, 0.29) is 5.69 Å². The average molecular weight is 380 g/mol. The van der Waals surface area contributed by atoms with Crippen molar-refractivity contribution in [1.29, 1.82) is 0 Å². The van der Waals surface area contributed by atoms with Crippen molar-refractivity contribution in [2.75, 3.05) is 31.9 Å². The number of methoxy groups -OCH3 is 2. The summed E-state index contributed by atoms with van der Waals surface area (Å²) < 4.78 is 15.7. The number of para-hydroxylation sites is 1. The molecule has 0 radical (unpaired) electrons. The van der Waals surface area contributed by atoms with Crippen molar-refractivity contribution >= 4 is 34.3 Å². The molecule has 3 aromatic rings. The molecule has 0 aliphatic rings. The minimum atomic E-state index is -0.629. The molecule has 0 aliphatic heterocycles. The van der Waals surface area contributed by atoms with Crippen molar-refractivity contribution in [2.24, 2.45) is 0 Å². The average Bonchev–Trinajstić information content (AvgIpc) is 2.72. The van der Waals surface area contributed by atoms with E-state index in [9.17, 15) is 9.59 Å². The molecule has 0 fully saturated rings. The predicted octanol–water partition coefficient (Wildman–Crippen LogP) is 3.50. The summed E-state index contributed by atoms with van der Waals surface area (Å²) >= 11 is 0. The molecule has 0 atom stereocenters. The summed E-state index contributed by atoms with van der Waals surface area (Å²) in [5.74, 6) is 0.683. The number of rotatable bonds is 6. The second-order valence-corrected chi connectivity index (χ2v) is 5.82. The van der Waals surface area contributed by atoms with E-state index < -0.39 is 11.5 Å². The van der Waals surface area contributed by atoms with Crippen LogP contribution in [0.25, 0.3) is 17.0 Å². The summed E-state index contributed by atoms with van der Waals surface area (Å²) in [6.45, 7) is 0. The zero-order valence-electron chi connectivity index (χ0n) is 15.7. The lowest BCUT2D eigenvalue weighted by molar-refractivity contribution is -0.111. The smallest absolute Gasteiger partial charge is 0.362 e. The third-order valence-corrected chi connectivity index (χ3v) is 4.15. The number of benzene rings is 2. The van der Waals surface area contributed by atoms with Gasteiger partial charge in [0.15, 0.2) is 17.2 Å². The summed E-state index contributed by atoms with van der Waals surface area (Å²) in [4.78, 5) is 24.7. The van der Waals surface area contributed by atoms with E-state index in [1.807, 2.05) is 6.07 Å². The molecule has 0 spiro atoms. The van der Waals surface area contributed by atoms with Crippen LogP contribution in [-0.2, 0) is 4.79 Å². The zero-order chi connectivity index (χ0) is 20.1. The zero-order valence-corrected chi connectivity index (χ0v) is 15.7. The lowest BCUT2D eigenvalue weighted by atomic mass is 10.1. The normalized spacial score (nSPS) is 10.8. The highest BCUT2D eigenvalue weighted by Gasteiger charge is 2.15. The highest BCUT2D eigenvalue weighted by atomic mass is 16.5. The molecule has 7 nitrogen and oxygen atoms in total. The molecule has 28 heavy (non-hydrogen) atoms. The van der Waals surface area contributed by atoms with Gasteiger partial charge >= 0.3 is 5.63 Å². The number of anilines is 2. The number of hydrogen-bond acceptors (Lipinski definition) is 6. The second kappa shape index (κ2) is 8.30. The van der Waals surface area contributed by atoms with Gasteiger partial charge in [-0.1, -0.05) is 18.2 Å². The topological polar surface area (TPSA) is 89.8 Å². The van der Waals surface area contributed by atoms with Crippen LogP contribution in [0.4, 0.5) is 11.4 Å². The van der Waals surface area contributed by atoms with Crippen LogP contribution in [0.5, 0.6) is 11.5 Å². The molecule has 7 heteroatoms. The molecule has 144 valence electrons. The second-order valence-electron chi connectivity index (χ2n) is 5.82. The molecule has 0 bridgehead atoms. The van der Waals surface area contributed by atoms with Gasteiger partial charge in [-0.05, 0) is 35.9 Å². The standard InChI is InChI=1S/C21H20N2O5/c1-22-19-14-6-4-5-7-15(14)28-21(25)20(19)23-18(24)11-9-13-8-10-16(26-2)17(12-13)27-3/h4-12,22H,1-3H3,(H,23,24)/b11-9-. The van der Waals surface area contributed by atoms with Gasteiger partial charge in [0, 0.05) is 18.5 Å². The number of carbonyl (C=O) groups excluding carboxylic acids is 1. The molecule has 0 saturated heterocycles. The minimum absolute atomic E-state index is 0.0585. The minimum Gasteiger partial charge on any atom is -0.493 e. The molecule has 2 N–H and O–H groups in total. The summed E-state index contributed by atoms with van der Waals surface area (Å²) in [5.41, 5.74) is 1.11. The van der Waals surface area contributed by atoms with Crippen LogP contribution in [-0.4, -0.2) is 27.2 Å². The Morgan fingerprint density at radius 2 is 1.79 bits per heavy atom. The number of nitrogens with one attached hydrogen (secondary N) is 2. The number of hydrogen-bond donors (Lipinski definition) is 2. The maximum absolute atomic E-state index is 12.4. The van der Waals surface area contributed by atoms with Crippen molar-refractivity contribution in [1.82, 2.24) is 0 Å². The monoisotopic (exact) mass is 380 g/mol. The number of amides is 1. The van der Waals surface area contributed by atoms with Gasteiger partial charge in [0.25, 0.3) is 0 Å². The van der Waals surface area contributed by atoms with Gasteiger partial charge < -0.3 is 24.5 Å². The molecule has 0 saturated carbocycles. The Morgan fingerprint density at radius 3 is 2.50 bits per heavy atom. The van der Waals surface area contributed by atoms with Gasteiger partial charge in [0.05, 0.1) is 19.9 Å². The molecule has 0 unspecified atom stereocenters. The summed E-state index contributed by atoms with van der Waals surface area (Å²) in [6.07, 6.45) is 2.94. The lowest BCUT2D eigenvalue weighted by Gasteiger charge is -2.11. The first-order chi connectivity index (χ1) is 13.6. The lowest BCUT2D eigenvalue weighted by Crippen LogP contribution is -2.17. The molecule has 3 rings (SSSR count). The highest BCUT2D eigenvalue weighted by molar-refractivity contribution is 6.07. The number of ether oxygens (including phenoxy) is 2. The SMILES string of the molecule is CNc1c(NC(=O)/C=C\c2ccc(OC)c(OC)c2)c(=O)oc2ccccc12. The van der Waals surface area contributed by atoms with Crippen molar-refractivity contribution < 1.29 is 18.7 Å². The van der Waals surface area contributed by atoms with E-state index in [2.05, 4.69) is 10.6 Å². The Morgan fingerprint density at radius 1 is 1.04 bits per heavy atom. The number of fused-ring (bicyclic) bond motifs is 1. The van der Waals surface area contributed by atoms with Gasteiger partial charge in [-0.2, -0.15) is 0 Å². The van der Waals surface area contributed by atoms with E-state index in [4.69, 9.17) is 13.9 Å². The summed E-state index contributed by atoms with van der Waals surface area (Å²) in [5, 5.41) is 6.25. The van der Waals surface area contributed by atoms with Crippen molar-refractivity contribution in [3.8, 4) is 11.5 Å². The van der Waals surface area contributed by atoms with E-state index in [1.165, 1.54) is 13.2 Å². The van der Waals surface area contributed by atoms with E-state index in [0.29, 0.717) is 28.2 Å². The molecule has 2 aromatic carbocycles. The first-order valence-electron chi connectivity index (χ1n) is 8.52. The van der Waals surface area contributed by atoms with Gasteiger partial charge in [0.2, 0.25) is 5.91 Å². The first kappa shape index (κ1) is 19.0. The highest BCUT2D eigenvalue weighted by Crippen LogP contribution is 2.29. The van der Waals surface area contributed by atoms with Crippen LogP contribution in [0.15, 0.2) is 57.8 Å². The fourth-order valence-corrected chi connectivity index (χ4v) is 2.82. The van der Waals surface area contributed by atoms with Crippen molar-refractivity contribution in [2.45, 2.75) is 0 Å². The van der Waals surface area contributed by atoms with Gasteiger partial charge in [-0.25, -0.2) is 4.79 Å². The largest absolute Gasteiger partial charge is 0.493 e. The molecular weight excluding hydrogens is 360 g/mol. The third kappa shape index (κ3) is 3.83. The molecule has 1 heterocycles. The first-order valence-corrected chi connectivity index (χ1v) is 8.52. The van der Waals surface area contributed by atoms with Crippen LogP contribution in [0.2, 0.25) is 0 Å². The van der Waals surface area contributed by atoms with Gasteiger partial charge in [-0.3, -0.25) is 4.79 Å². The molecule has 1 amide bonds. The summed E-state index contributed by atoms with van der Waals surface area (Å²) in [7, 11) is 4.77. The maximum Gasteiger partial charge on any atom is 0.362 e. The Bertz CT molecular complexity index is 1100. The Hall–Kier alpha value is -3.74. The number of carbonyl (C=O) groups is 1. The van der Waals surface area contributed by atoms with Crippen molar-refractivity contribution in [3.05, 3.63) is 64.5 Å². The van der Waals surface area contributed by atoms with Crippen LogP contribution in [0.1, 0.15) is 5.56 Å². The third-order valence-electron chi connectivity index (χ3n) is 4.15.